The Morgan fingerprint density at radius 3 is 2.89 bits per heavy atom. The maximum absolute atomic E-state index is 8.22. The van der Waals surface area contributed by atoms with E-state index in [0.29, 0.717) is 0 Å². The lowest BCUT2D eigenvalue weighted by Gasteiger charge is -1.82. The van der Waals surface area contributed by atoms with Crippen LogP contribution in [0.5, 0.6) is 0 Å². The number of rotatable bonds is 3. The van der Waals surface area contributed by atoms with E-state index in [1.807, 2.05) is 6.92 Å². The van der Waals surface area contributed by atoms with Crippen LogP contribution in [0, 0.1) is 16.9 Å². The van der Waals surface area contributed by atoms with Crippen molar-refractivity contribution in [1.29, 1.82) is 10.8 Å². The largest absolute Gasteiger partial charge is 0.204 e. The molecule has 0 heterocycles. The van der Waals surface area contributed by atoms with E-state index in [0.717, 1.165) is 12.8 Å². The minimum Gasteiger partial charge on any atom is -0.204 e. The lowest BCUT2D eigenvalue weighted by atomic mass is 10.3. The second-order valence-electron chi connectivity index (χ2n) is 1.60. The number of hydrogen-bond donors (Lipinski definition) is 1. The highest BCUT2D eigenvalue weighted by Gasteiger charge is 1.85. The van der Waals surface area contributed by atoms with Gasteiger partial charge in [-0.25, -0.2) is 5.53 Å². The summed E-state index contributed by atoms with van der Waals surface area (Å²) >= 11 is 0. The van der Waals surface area contributed by atoms with Gasteiger partial charge in [0.2, 0.25) is 0 Å². The summed E-state index contributed by atoms with van der Waals surface area (Å²) in [6.45, 7) is 2.01. The molecule has 0 atom stereocenters. The summed E-state index contributed by atoms with van der Waals surface area (Å²) in [6, 6.07) is 1.79. The summed E-state index contributed by atoms with van der Waals surface area (Å²) in [6.07, 6.45) is 3.47. The van der Waals surface area contributed by atoms with E-state index in [1.54, 1.807) is 12.1 Å². The molecule has 1 N–H and O–H groups in total. The quantitative estimate of drug-likeness (QED) is 0.454. The van der Waals surface area contributed by atoms with E-state index in [1.165, 1.54) is 0 Å². The zero-order valence-electron chi connectivity index (χ0n) is 5.39. The normalized spacial score (nSPS) is 10.4. The van der Waals surface area contributed by atoms with E-state index < -0.39 is 0 Å². The third-order valence-corrected chi connectivity index (χ3v) is 0.861. The Bertz CT molecular complexity index is 152. The molecule has 0 rings (SSSR count). The molecule has 0 aromatic rings. The van der Waals surface area contributed by atoms with Crippen LogP contribution >= 0.6 is 0 Å². The van der Waals surface area contributed by atoms with Crippen LogP contribution in [0.1, 0.15) is 19.8 Å². The Kier molecular flexibility index (Phi) is 4.33. The van der Waals surface area contributed by atoms with E-state index in [2.05, 4.69) is 5.11 Å². The molecule has 0 unspecified atom stereocenters. The zero-order chi connectivity index (χ0) is 7.11. The smallest absolute Gasteiger partial charge is 0.158 e. The molecule has 0 fully saturated rings. The van der Waals surface area contributed by atoms with Crippen molar-refractivity contribution in [2.24, 2.45) is 5.11 Å². The molecule has 0 saturated carbocycles. The first-order valence-electron chi connectivity index (χ1n) is 2.82. The molecule has 0 aliphatic rings. The van der Waals surface area contributed by atoms with Crippen LogP contribution in [-0.2, 0) is 0 Å². The van der Waals surface area contributed by atoms with Gasteiger partial charge in [0, 0.05) is 0 Å². The van der Waals surface area contributed by atoms with Crippen molar-refractivity contribution < 1.29 is 0 Å². The molecule has 0 aromatic carbocycles. The van der Waals surface area contributed by atoms with Crippen LogP contribution in [0.15, 0.2) is 16.9 Å². The molecule has 0 amide bonds. The lowest BCUT2D eigenvalue weighted by Crippen LogP contribution is -1.69. The van der Waals surface area contributed by atoms with Crippen LogP contribution in [0.4, 0.5) is 0 Å². The fraction of sp³-hybridized carbons (Fsp3) is 0.500. The molecule has 3 heteroatoms. The summed E-state index contributed by atoms with van der Waals surface area (Å²) < 4.78 is 0. The summed E-state index contributed by atoms with van der Waals surface area (Å²) in [5.74, 6) is 0. The van der Waals surface area contributed by atoms with Crippen LogP contribution in [-0.4, -0.2) is 0 Å². The molecule has 48 valence electrons. The van der Waals surface area contributed by atoms with Crippen molar-refractivity contribution in [1.82, 2.24) is 0 Å². The molecule has 0 radical (unpaired) electrons. The molecule has 0 aromatic heterocycles. The van der Waals surface area contributed by atoms with Crippen LogP contribution < -0.4 is 0 Å². The highest BCUT2D eigenvalue weighted by atomic mass is 15.0. The third kappa shape index (κ3) is 3.42. The number of nitrogens with one attached hydrogen (secondary N) is 1. The van der Waals surface area contributed by atoms with Crippen molar-refractivity contribution in [3.05, 3.63) is 11.8 Å². The van der Waals surface area contributed by atoms with Crippen LogP contribution in [0.2, 0.25) is 0 Å². The number of unbranched alkanes of at least 4 members (excludes halogenated alkanes) is 1. The van der Waals surface area contributed by atoms with Gasteiger partial charge in [0.15, 0.2) is 5.70 Å². The average Bonchev–Trinajstić information content (AvgIpc) is 1.91. The summed E-state index contributed by atoms with van der Waals surface area (Å²) in [4.78, 5) is 0. The van der Waals surface area contributed by atoms with Gasteiger partial charge in [-0.2, -0.15) is 5.26 Å². The lowest BCUT2D eigenvalue weighted by molar-refractivity contribution is 0.941. The van der Waals surface area contributed by atoms with Gasteiger partial charge in [-0.15, -0.1) is 5.11 Å². The molecule has 9 heavy (non-hydrogen) atoms. The molecule has 0 aliphatic carbocycles. The van der Waals surface area contributed by atoms with Gasteiger partial charge in [-0.1, -0.05) is 13.3 Å². The van der Waals surface area contributed by atoms with Gasteiger partial charge < -0.3 is 0 Å². The summed E-state index contributed by atoms with van der Waals surface area (Å²) in [7, 11) is 0. The monoisotopic (exact) mass is 123 g/mol. The third-order valence-electron chi connectivity index (χ3n) is 0.861. The van der Waals surface area contributed by atoms with Gasteiger partial charge >= 0.3 is 0 Å². The molecule has 3 nitrogen and oxygen atoms in total. The maximum Gasteiger partial charge on any atom is 0.158 e. The Hall–Kier alpha value is -1.17. The highest BCUT2D eigenvalue weighted by Crippen LogP contribution is 1.97. The predicted octanol–water partition coefficient (Wildman–Crippen LogP) is 2.22. The Morgan fingerprint density at radius 1 is 1.89 bits per heavy atom. The molecule has 0 saturated heterocycles. The van der Waals surface area contributed by atoms with Crippen LogP contribution in [0.25, 0.3) is 0 Å². The highest BCUT2D eigenvalue weighted by molar-refractivity contribution is 5.17. The first kappa shape index (κ1) is 7.83. The number of allylic oxidation sites excluding steroid dienone is 2. The van der Waals surface area contributed by atoms with E-state index >= 15 is 0 Å². The summed E-state index contributed by atoms with van der Waals surface area (Å²) in [5.41, 5.74) is 6.68. The van der Waals surface area contributed by atoms with Crippen molar-refractivity contribution in [2.45, 2.75) is 19.8 Å². The first-order valence-corrected chi connectivity index (χ1v) is 2.82. The molecule has 0 spiro atoms. The Morgan fingerprint density at radius 2 is 2.56 bits per heavy atom. The minimum absolute atomic E-state index is 0.205. The van der Waals surface area contributed by atoms with Gasteiger partial charge in [0.05, 0.1) is 0 Å². The van der Waals surface area contributed by atoms with Gasteiger partial charge in [0.1, 0.15) is 6.07 Å². The Balaban J connectivity index is 3.80. The Labute approximate surface area is 54.5 Å². The van der Waals surface area contributed by atoms with Crippen molar-refractivity contribution in [2.75, 3.05) is 0 Å². The van der Waals surface area contributed by atoms with Gasteiger partial charge in [-0.05, 0) is 12.5 Å². The van der Waals surface area contributed by atoms with Gasteiger partial charge in [-0.3, -0.25) is 0 Å². The molecule has 0 bridgehead atoms. The van der Waals surface area contributed by atoms with Crippen LogP contribution in [0.3, 0.4) is 0 Å². The number of nitriles is 1. The first-order chi connectivity index (χ1) is 4.35. The molecular formula is C6H9N3. The molecular weight excluding hydrogens is 114 g/mol. The van der Waals surface area contributed by atoms with Crippen molar-refractivity contribution >= 4 is 0 Å². The van der Waals surface area contributed by atoms with E-state index in [9.17, 15) is 0 Å². The zero-order valence-corrected chi connectivity index (χ0v) is 5.39. The second kappa shape index (κ2) is 4.98. The van der Waals surface area contributed by atoms with Crippen molar-refractivity contribution in [3.8, 4) is 6.07 Å². The fourth-order valence-corrected chi connectivity index (χ4v) is 0.397. The second-order valence-corrected chi connectivity index (χ2v) is 1.60. The number of nitrogens with zero attached hydrogens (tertiary/aromatic N) is 2. The standard InChI is InChI=1S/C6H9N3/c1-2-3-4-6(5-7)9-8/h4,8H,2-3H2,1H3/b6-4-,9-8?. The van der Waals surface area contributed by atoms with E-state index in [-0.39, 0.29) is 5.70 Å². The minimum atomic E-state index is 0.205. The van der Waals surface area contributed by atoms with E-state index in [4.69, 9.17) is 10.8 Å². The topological polar surface area (TPSA) is 60.0 Å². The fourth-order valence-electron chi connectivity index (χ4n) is 0.397. The predicted molar refractivity (Wildman–Crippen MR) is 33.8 cm³/mol. The number of hydrogen-bond acceptors (Lipinski definition) is 3. The maximum atomic E-state index is 8.22. The molecule has 0 aliphatic heterocycles. The SMILES string of the molecule is CCC/C=C(/C#N)N=N. The van der Waals surface area contributed by atoms with Gasteiger partial charge in [0.25, 0.3) is 0 Å². The average molecular weight is 123 g/mol. The summed E-state index contributed by atoms with van der Waals surface area (Å²) in [5, 5.41) is 11.2. The van der Waals surface area contributed by atoms with Crippen molar-refractivity contribution in [3.63, 3.8) is 0 Å².